The van der Waals surface area contributed by atoms with Gasteiger partial charge in [-0.15, -0.1) is 5.10 Å². The number of ether oxygens (including phenoxy) is 1. The maximum atomic E-state index is 5.53. The fourth-order valence-corrected chi connectivity index (χ4v) is 1.94. The lowest BCUT2D eigenvalue weighted by molar-refractivity contribution is 0.198. The molecular weight excluding hydrogens is 256 g/mol. The molecule has 1 unspecified atom stereocenters. The first kappa shape index (κ1) is 16.9. The fourth-order valence-electron chi connectivity index (χ4n) is 1.94. The first-order chi connectivity index (χ1) is 9.80. The Morgan fingerprint density at radius 3 is 2.85 bits per heavy atom. The summed E-state index contributed by atoms with van der Waals surface area (Å²) in [5.41, 5.74) is 0. The second kappa shape index (κ2) is 10.6. The molecule has 1 rings (SSSR count). The third-order valence-electron chi connectivity index (χ3n) is 3.31. The van der Waals surface area contributed by atoms with E-state index in [1.165, 1.54) is 25.7 Å². The van der Waals surface area contributed by atoms with Gasteiger partial charge in [-0.05, 0) is 12.3 Å². The topological polar surface area (TPSA) is 72.2 Å². The molecule has 0 aliphatic heterocycles. The smallest absolute Gasteiger partial charge is 0.315 e. The maximum absolute atomic E-state index is 5.53. The van der Waals surface area contributed by atoms with Gasteiger partial charge in [-0.2, -0.15) is 0 Å². The van der Waals surface area contributed by atoms with Gasteiger partial charge in [0.1, 0.15) is 0 Å². The summed E-state index contributed by atoms with van der Waals surface area (Å²) in [6.45, 7) is 7.37. The summed E-state index contributed by atoms with van der Waals surface area (Å²) in [4.78, 5) is 0. The zero-order valence-corrected chi connectivity index (χ0v) is 12.9. The van der Waals surface area contributed by atoms with Crippen molar-refractivity contribution in [1.82, 2.24) is 15.5 Å². The van der Waals surface area contributed by atoms with E-state index in [0.29, 0.717) is 31.0 Å². The Balaban J connectivity index is 2.25. The van der Waals surface area contributed by atoms with Crippen LogP contribution in [0, 0.1) is 5.92 Å². The zero-order valence-electron chi connectivity index (χ0n) is 12.9. The summed E-state index contributed by atoms with van der Waals surface area (Å²) >= 11 is 0. The summed E-state index contributed by atoms with van der Waals surface area (Å²) in [5.74, 6) is 1.27. The summed E-state index contributed by atoms with van der Waals surface area (Å²) < 4.78 is 10.5. The lowest BCUT2D eigenvalue weighted by Crippen LogP contribution is -2.18. The van der Waals surface area contributed by atoms with E-state index in [9.17, 15) is 0 Å². The van der Waals surface area contributed by atoms with Crippen LogP contribution >= 0.6 is 0 Å². The van der Waals surface area contributed by atoms with E-state index in [2.05, 4.69) is 34.7 Å². The number of hydrogen-bond acceptors (Lipinski definition) is 6. The molecule has 1 aromatic heterocycles. The van der Waals surface area contributed by atoms with E-state index >= 15 is 0 Å². The molecule has 0 aliphatic rings. The van der Waals surface area contributed by atoms with Gasteiger partial charge in [-0.1, -0.05) is 38.2 Å². The highest BCUT2D eigenvalue weighted by atomic mass is 16.5. The largest absolute Gasteiger partial charge is 0.407 e. The molecule has 0 fully saturated rings. The van der Waals surface area contributed by atoms with Gasteiger partial charge >= 0.3 is 6.01 Å². The van der Waals surface area contributed by atoms with Gasteiger partial charge in [0, 0.05) is 20.2 Å². The van der Waals surface area contributed by atoms with E-state index in [-0.39, 0.29) is 0 Å². The number of aromatic nitrogens is 2. The van der Waals surface area contributed by atoms with E-state index in [1.807, 2.05) is 0 Å². The second-order valence-electron chi connectivity index (χ2n) is 4.97. The third kappa shape index (κ3) is 6.86. The van der Waals surface area contributed by atoms with Crippen LogP contribution in [0.3, 0.4) is 0 Å². The predicted octanol–water partition coefficient (Wildman–Crippen LogP) is 2.43. The van der Waals surface area contributed by atoms with Crippen molar-refractivity contribution >= 4 is 6.01 Å². The van der Waals surface area contributed by atoms with Crippen LogP contribution in [0.2, 0.25) is 0 Å². The Labute approximate surface area is 121 Å². The van der Waals surface area contributed by atoms with Gasteiger partial charge in [0.2, 0.25) is 5.89 Å². The summed E-state index contributed by atoms with van der Waals surface area (Å²) in [6.07, 6.45) is 4.94. The molecule has 1 atom stereocenters. The molecule has 0 bridgehead atoms. The van der Waals surface area contributed by atoms with Crippen LogP contribution in [0.15, 0.2) is 4.42 Å². The molecule has 6 nitrogen and oxygen atoms in total. The Bertz CT molecular complexity index is 344. The molecule has 116 valence electrons. The number of hydrogen-bond donors (Lipinski definition) is 2. The number of rotatable bonds is 12. The molecule has 0 aliphatic carbocycles. The highest BCUT2D eigenvalue weighted by molar-refractivity contribution is 5.16. The number of nitrogens with one attached hydrogen (secondary N) is 2. The van der Waals surface area contributed by atoms with Gasteiger partial charge < -0.3 is 19.8 Å². The number of nitrogens with zero attached hydrogens (tertiary/aromatic N) is 2. The molecule has 0 spiro atoms. The minimum Gasteiger partial charge on any atom is -0.407 e. The van der Waals surface area contributed by atoms with Crippen LogP contribution in [-0.4, -0.2) is 37.0 Å². The van der Waals surface area contributed by atoms with Crippen LogP contribution in [0.5, 0.6) is 0 Å². The van der Waals surface area contributed by atoms with Crippen molar-refractivity contribution in [2.75, 3.05) is 32.1 Å². The quantitative estimate of drug-likeness (QED) is 0.574. The van der Waals surface area contributed by atoms with Crippen molar-refractivity contribution in [3.8, 4) is 0 Å². The van der Waals surface area contributed by atoms with Crippen LogP contribution < -0.4 is 10.6 Å². The molecule has 0 saturated carbocycles. The van der Waals surface area contributed by atoms with Gasteiger partial charge in [0.15, 0.2) is 0 Å². The zero-order chi connectivity index (χ0) is 14.6. The van der Waals surface area contributed by atoms with Crippen molar-refractivity contribution in [2.45, 2.75) is 46.1 Å². The molecule has 1 aromatic rings. The van der Waals surface area contributed by atoms with Crippen LogP contribution in [0.1, 0.15) is 45.4 Å². The third-order valence-corrected chi connectivity index (χ3v) is 3.31. The first-order valence-electron chi connectivity index (χ1n) is 7.56. The Hall–Kier alpha value is -1.14. The van der Waals surface area contributed by atoms with Crippen LogP contribution in [0.4, 0.5) is 6.01 Å². The van der Waals surface area contributed by atoms with Crippen molar-refractivity contribution in [2.24, 2.45) is 5.92 Å². The predicted molar refractivity (Wildman–Crippen MR) is 79.7 cm³/mol. The molecular formula is C14H28N4O2. The Morgan fingerprint density at radius 1 is 1.30 bits per heavy atom. The molecule has 6 heteroatoms. The second-order valence-corrected chi connectivity index (χ2v) is 4.97. The highest BCUT2D eigenvalue weighted by Gasteiger charge is 2.09. The van der Waals surface area contributed by atoms with Gasteiger partial charge in [-0.3, -0.25) is 0 Å². The molecule has 0 radical (unpaired) electrons. The first-order valence-corrected chi connectivity index (χ1v) is 7.56. The standard InChI is InChI=1S/C14H28N4O2/c1-4-6-7-12(5-2)10-16-14-18-17-13(20-14)11-15-8-9-19-3/h12,15H,4-11H2,1-3H3,(H,16,18). The van der Waals surface area contributed by atoms with E-state index < -0.39 is 0 Å². The summed E-state index contributed by atoms with van der Waals surface area (Å²) in [5, 5.41) is 14.4. The van der Waals surface area contributed by atoms with E-state index in [4.69, 9.17) is 9.15 Å². The molecule has 1 heterocycles. The van der Waals surface area contributed by atoms with Crippen molar-refractivity contribution in [3.05, 3.63) is 5.89 Å². The lowest BCUT2D eigenvalue weighted by atomic mass is 10.00. The normalized spacial score (nSPS) is 12.6. The summed E-state index contributed by atoms with van der Waals surface area (Å²) in [6, 6.07) is 0.517. The Kier molecular flexibility index (Phi) is 8.98. The molecule has 20 heavy (non-hydrogen) atoms. The fraction of sp³-hybridized carbons (Fsp3) is 0.857. The average Bonchev–Trinajstić information content (AvgIpc) is 2.92. The van der Waals surface area contributed by atoms with E-state index in [1.54, 1.807) is 7.11 Å². The number of methoxy groups -OCH3 is 1. The molecule has 0 saturated heterocycles. The average molecular weight is 284 g/mol. The minimum atomic E-state index is 0.517. The number of unbranched alkanes of at least 4 members (excludes halogenated alkanes) is 1. The van der Waals surface area contributed by atoms with Crippen LogP contribution in [-0.2, 0) is 11.3 Å². The molecule has 0 aromatic carbocycles. The summed E-state index contributed by atoms with van der Waals surface area (Å²) in [7, 11) is 1.68. The monoisotopic (exact) mass is 284 g/mol. The van der Waals surface area contributed by atoms with Gasteiger partial charge in [0.05, 0.1) is 13.2 Å². The SMILES string of the molecule is CCCCC(CC)CNc1nnc(CNCCOC)o1. The molecule has 2 N–H and O–H groups in total. The minimum absolute atomic E-state index is 0.517. The van der Waals surface area contributed by atoms with Crippen LogP contribution in [0.25, 0.3) is 0 Å². The van der Waals surface area contributed by atoms with Crippen molar-refractivity contribution in [3.63, 3.8) is 0 Å². The van der Waals surface area contributed by atoms with E-state index in [0.717, 1.165) is 13.1 Å². The Morgan fingerprint density at radius 2 is 2.15 bits per heavy atom. The van der Waals surface area contributed by atoms with Gasteiger partial charge in [-0.25, -0.2) is 0 Å². The number of anilines is 1. The highest BCUT2D eigenvalue weighted by Crippen LogP contribution is 2.14. The maximum Gasteiger partial charge on any atom is 0.315 e. The van der Waals surface area contributed by atoms with Crippen molar-refractivity contribution < 1.29 is 9.15 Å². The van der Waals surface area contributed by atoms with Gasteiger partial charge in [0.25, 0.3) is 0 Å². The van der Waals surface area contributed by atoms with Crippen molar-refractivity contribution in [1.29, 1.82) is 0 Å². The lowest BCUT2D eigenvalue weighted by Gasteiger charge is -2.13. The molecule has 0 amide bonds.